The highest BCUT2D eigenvalue weighted by Crippen LogP contribution is 2.23. The van der Waals surface area contributed by atoms with Gasteiger partial charge in [0.1, 0.15) is 17.7 Å². The summed E-state index contributed by atoms with van der Waals surface area (Å²) in [6.07, 6.45) is 3.56. The zero-order valence-corrected chi connectivity index (χ0v) is 11.5. The summed E-state index contributed by atoms with van der Waals surface area (Å²) in [7, 11) is 0. The van der Waals surface area contributed by atoms with Crippen LogP contribution in [-0.2, 0) is 0 Å². The molecule has 0 spiro atoms. The van der Waals surface area contributed by atoms with Crippen molar-refractivity contribution in [2.24, 2.45) is 0 Å². The van der Waals surface area contributed by atoms with E-state index in [0.29, 0.717) is 16.3 Å². The largest absolute Gasteiger partial charge is 0.489 e. The van der Waals surface area contributed by atoms with Crippen LogP contribution in [-0.4, -0.2) is 18.7 Å². The molecule has 1 aliphatic rings. The van der Waals surface area contributed by atoms with Gasteiger partial charge in [-0.15, -0.1) is 0 Å². The van der Waals surface area contributed by atoms with Gasteiger partial charge in [0.25, 0.3) is 0 Å². The third kappa shape index (κ3) is 3.96. The Morgan fingerprint density at radius 2 is 2.29 bits per heavy atom. The molecule has 0 saturated heterocycles. The van der Waals surface area contributed by atoms with Gasteiger partial charge in [0.2, 0.25) is 0 Å². The van der Waals surface area contributed by atoms with Gasteiger partial charge in [-0.3, -0.25) is 0 Å². The Labute approximate surface area is 110 Å². The van der Waals surface area contributed by atoms with Gasteiger partial charge in [-0.05, 0) is 47.3 Å². The van der Waals surface area contributed by atoms with Crippen molar-refractivity contribution in [2.45, 2.75) is 38.3 Å². The van der Waals surface area contributed by atoms with Crippen LogP contribution < -0.4 is 10.1 Å². The van der Waals surface area contributed by atoms with E-state index >= 15 is 0 Å². The van der Waals surface area contributed by atoms with E-state index in [-0.39, 0.29) is 11.9 Å². The van der Waals surface area contributed by atoms with E-state index in [1.54, 1.807) is 12.1 Å². The zero-order valence-electron chi connectivity index (χ0n) is 9.88. The van der Waals surface area contributed by atoms with Gasteiger partial charge >= 0.3 is 0 Å². The van der Waals surface area contributed by atoms with E-state index in [4.69, 9.17) is 4.74 Å². The summed E-state index contributed by atoms with van der Waals surface area (Å²) in [5.41, 5.74) is 0. The number of ether oxygens (including phenoxy) is 1. The fourth-order valence-corrected chi connectivity index (χ4v) is 1.84. The molecule has 1 atom stereocenters. The highest BCUT2D eigenvalue weighted by Gasteiger charge is 2.22. The number of halogens is 2. The molecule has 4 heteroatoms. The van der Waals surface area contributed by atoms with Gasteiger partial charge < -0.3 is 10.1 Å². The van der Waals surface area contributed by atoms with Crippen molar-refractivity contribution in [1.82, 2.24) is 5.32 Å². The molecule has 1 aromatic rings. The first-order chi connectivity index (χ1) is 8.19. The van der Waals surface area contributed by atoms with Crippen LogP contribution in [0, 0.1) is 5.82 Å². The molecule has 1 saturated carbocycles. The molecular formula is C13H17BrFNO. The van der Waals surface area contributed by atoms with Crippen LogP contribution >= 0.6 is 15.9 Å². The van der Waals surface area contributed by atoms with Gasteiger partial charge in [0, 0.05) is 18.7 Å². The van der Waals surface area contributed by atoms with Crippen molar-refractivity contribution in [3.63, 3.8) is 0 Å². The quantitative estimate of drug-likeness (QED) is 0.868. The molecule has 1 fully saturated rings. The number of rotatable bonds is 6. The molecule has 2 rings (SSSR count). The minimum atomic E-state index is -0.285. The standard InChI is InChI=1S/C13H17BrFNO/c1-2-10(8-16-9-3-4-9)17-11-5-6-12(14)13(15)7-11/h5-7,9-10,16H,2-4,8H2,1H3. The highest BCUT2D eigenvalue weighted by atomic mass is 79.9. The number of hydrogen-bond acceptors (Lipinski definition) is 2. The van der Waals surface area contributed by atoms with E-state index < -0.39 is 0 Å². The van der Waals surface area contributed by atoms with Crippen LogP contribution in [0.3, 0.4) is 0 Å². The van der Waals surface area contributed by atoms with Gasteiger partial charge in [-0.1, -0.05) is 6.92 Å². The molecule has 0 bridgehead atoms. The smallest absolute Gasteiger partial charge is 0.141 e. The second kappa shape index (κ2) is 5.83. The van der Waals surface area contributed by atoms with E-state index in [1.165, 1.54) is 18.9 Å². The molecule has 1 aromatic carbocycles. The monoisotopic (exact) mass is 301 g/mol. The second-order valence-electron chi connectivity index (χ2n) is 4.41. The second-order valence-corrected chi connectivity index (χ2v) is 5.26. The van der Waals surface area contributed by atoms with Gasteiger partial charge in [-0.2, -0.15) is 0 Å². The van der Waals surface area contributed by atoms with Crippen molar-refractivity contribution in [1.29, 1.82) is 0 Å². The topological polar surface area (TPSA) is 21.3 Å². The van der Waals surface area contributed by atoms with Gasteiger partial charge in [0.05, 0.1) is 4.47 Å². The minimum Gasteiger partial charge on any atom is -0.489 e. The third-order valence-corrected chi connectivity index (χ3v) is 3.50. The van der Waals surface area contributed by atoms with Crippen molar-refractivity contribution < 1.29 is 9.13 Å². The first kappa shape index (κ1) is 12.8. The van der Waals surface area contributed by atoms with Gasteiger partial charge in [0.15, 0.2) is 0 Å². The fraction of sp³-hybridized carbons (Fsp3) is 0.538. The lowest BCUT2D eigenvalue weighted by Gasteiger charge is -2.18. The minimum absolute atomic E-state index is 0.108. The van der Waals surface area contributed by atoms with Crippen LogP contribution in [0.5, 0.6) is 5.75 Å². The SMILES string of the molecule is CCC(CNC1CC1)Oc1ccc(Br)c(F)c1. The zero-order chi connectivity index (χ0) is 12.3. The highest BCUT2D eigenvalue weighted by molar-refractivity contribution is 9.10. The summed E-state index contributed by atoms with van der Waals surface area (Å²) in [5.74, 6) is 0.308. The molecule has 1 unspecified atom stereocenters. The van der Waals surface area contributed by atoms with Gasteiger partial charge in [-0.25, -0.2) is 4.39 Å². The Morgan fingerprint density at radius 1 is 1.53 bits per heavy atom. The van der Waals surface area contributed by atoms with Crippen molar-refractivity contribution in [3.05, 3.63) is 28.5 Å². The molecule has 1 aliphatic carbocycles. The van der Waals surface area contributed by atoms with Crippen molar-refractivity contribution in [3.8, 4) is 5.75 Å². The summed E-state index contributed by atoms with van der Waals surface area (Å²) < 4.78 is 19.5. The molecule has 0 aromatic heterocycles. The first-order valence-electron chi connectivity index (χ1n) is 6.04. The van der Waals surface area contributed by atoms with E-state index in [2.05, 4.69) is 28.2 Å². The van der Waals surface area contributed by atoms with Crippen LogP contribution in [0.25, 0.3) is 0 Å². The summed E-state index contributed by atoms with van der Waals surface area (Å²) in [6, 6.07) is 5.55. The molecule has 0 aliphatic heterocycles. The Hall–Kier alpha value is -0.610. The molecule has 0 radical (unpaired) electrons. The predicted octanol–water partition coefficient (Wildman–Crippen LogP) is 3.50. The molecule has 0 amide bonds. The van der Waals surface area contributed by atoms with Crippen molar-refractivity contribution >= 4 is 15.9 Å². The predicted molar refractivity (Wildman–Crippen MR) is 69.8 cm³/mol. The van der Waals surface area contributed by atoms with Crippen molar-refractivity contribution in [2.75, 3.05) is 6.54 Å². The molecular weight excluding hydrogens is 285 g/mol. The average Bonchev–Trinajstić information content (AvgIpc) is 3.13. The summed E-state index contributed by atoms with van der Waals surface area (Å²) in [6.45, 7) is 2.91. The lowest BCUT2D eigenvalue weighted by atomic mass is 10.2. The number of hydrogen-bond donors (Lipinski definition) is 1. The molecule has 94 valence electrons. The van der Waals surface area contributed by atoms with E-state index in [0.717, 1.165) is 13.0 Å². The summed E-state index contributed by atoms with van der Waals surface area (Å²) in [5, 5.41) is 3.43. The van der Waals surface area contributed by atoms with Crippen LogP contribution in [0.15, 0.2) is 22.7 Å². The lowest BCUT2D eigenvalue weighted by Crippen LogP contribution is -2.32. The number of benzene rings is 1. The molecule has 2 nitrogen and oxygen atoms in total. The Balaban J connectivity index is 1.89. The van der Waals surface area contributed by atoms with Crippen LogP contribution in [0.1, 0.15) is 26.2 Å². The average molecular weight is 302 g/mol. The Morgan fingerprint density at radius 3 is 2.88 bits per heavy atom. The number of nitrogens with one attached hydrogen (secondary N) is 1. The fourth-order valence-electron chi connectivity index (χ4n) is 1.60. The summed E-state index contributed by atoms with van der Waals surface area (Å²) in [4.78, 5) is 0. The van der Waals surface area contributed by atoms with E-state index in [1.807, 2.05) is 0 Å². The lowest BCUT2D eigenvalue weighted by molar-refractivity contribution is 0.192. The maximum atomic E-state index is 13.3. The Kier molecular flexibility index (Phi) is 4.40. The first-order valence-corrected chi connectivity index (χ1v) is 6.83. The normalized spacial score (nSPS) is 16.9. The maximum Gasteiger partial charge on any atom is 0.141 e. The summed E-state index contributed by atoms with van der Waals surface area (Å²) >= 11 is 3.13. The molecule has 1 N–H and O–H groups in total. The Bertz CT molecular complexity index is 382. The van der Waals surface area contributed by atoms with E-state index in [9.17, 15) is 4.39 Å². The molecule has 0 heterocycles. The molecule has 17 heavy (non-hydrogen) atoms. The van der Waals surface area contributed by atoms with Crippen LogP contribution in [0.2, 0.25) is 0 Å². The van der Waals surface area contributed by atoms with Crippen LogP contribution in [0.4, 0.5) is 4.39 Å². The third-order valence-electron chi connectivity index (χ3n) is 2.86. The maximum absolute atomic E-state index is 13.3.